The Morgan fingerprint density at radius 2 is 1.91 bits per heavy atom. The number of anilines is 1. The molecule has 0 aromatic carbocycles. The first kappa shape index (κ1) is 15.9. The van der Waals surface area contributed by atoms with Gasteiger partial charge in [-0.1, -0.05) is 26.2 Å². The van der Waals surface area contributed by atoms with Crippen LogP contribution in [-0.2, 0) is 0 Å². The molecule has 6 heteroatoms. The quantitative estimate of drug-likeness (QED) is 0.452. The summed E-state index contributed by atoms with van der Waals surface area (Å²) in [6.45, 7) is 2.84. The van der Waals surface area contributed by atoms with E-state index in [1.807, 2.05) is 12.1 Å². The van der Waals surface area contributed by atoms with Gasteiger partial charge in [0.05, 0.1) is 10.6 Å². The molecule has 2 rings (SSSR count). The van der Waals surface area contributed by atoms with Gasteiger partial charge in [0.25, 0.3) is 0 Å². The van der Waals surface area contributed by atoms with Crippen LogP contribution in [0.1, 0.15) is 32.6 Å². The topological polar surface area (TPSA) is 81.0 Å². The molecule has 0 unspecified atom stereocenters. The van der Waals surface area contributed by atoms with Crippen LogP contribution in [0, 0.1) is 10.1 Å². The zero-order chi connectivity index (χ0) is 15.8. The summed E-state index contributed by atoms with van der Waals surface area (Å²) in [5.41, 5.74) is 1.59. The van der Waals surface area contributed by atoms with Crippen molar-refractivity contribution < 1.29 is 4.92 Å². The third kappa shape index (κ3) is 4.25. The van der Waals surface area contributed by atoms with Crippen LogP contribution >= 0.6 is 0 Å². The molecule has 0 bridgehead atoms. The van der Waals surface area contributed by atoms with E-state index >= 15 is 0 Å². The van der Waals surface area contributed by atoms with Gasteiger partial charge in [-0.05, 0) is 24.6 Å². The molecule has 0 aliphatic carbocycles. The van der Waals surface area contributed by atoms with Gasteiger partial charge in [0.1, 0.15) is 0 Å². The van der Waals surface area contributed by atoms with Gasteiger partial charge in [-0.25, -0.2) is 4.98 Å². The molecular formula is C16H20N4O2. The Hall–Kier alpha value is -2.50. The molecule has 0 amide bonds. The molecule has 0 aliphatic heterocycles. The van der Waals surface area contributed by atoms with E-state index < -0.39 is 4.92 Å². The highest BCUT2D eigenvalue weighted by Crippen LogP contribution is 2.26. The first-order chi connectivity index (χ1) is 10.7. The molecule has 0 atom stereocenters. The van der Waals surface area contributed by atoms with E-state index in [4.69, 9.17) is 0 Å². The maximum Gasteiger partial charge on any atom is 0.311 e. The van der Waals surface area contributed by atoms with Gasteiger partial charge in [0, 0.05) is 30.6 Å². The molecule has 116 valence electrons. The summed E-state index contributed by atoms with van der Waals surface area (Å²) >= 11 is 0. The van der Waals surface area contributed by atoms with Crippen molar-refractivity contribution in [3.63, 3.8) is 0 Å². The van der Waals surface area contributed by atoms with Gasteiger partial charge in [0.2, 0.25) is 5.82 Å². The summed E-state index contributed by atoms with van der Waals surface area (Å²) in [7, 11) is 0. The Labute approximate surface area is 129 Å². The van der Waals surface area contributed by atoms with Crippen LogP contribution in [-0.4, -0.2) is 21.4 Å². The van der Waals surface area contributed by atoms with Crippen LogP contribution in [0.25, 0.3) is 11.3 Å². The molecule has 0 spiro atoms. The Morgan fingerprint density at radius 3 is 2.59 bits per heavy atom. The summed E-state index contributed by atoms with van der Waals surface area (Å²) in [5, 5.41) is 14.2. The summed E-state index contributed by atoms with van der Waals surface area (Å²) in [4.78, 5) is 19.1. The third-order valence-corrected chi connectivity index (χ3v) is 3.37. The van der Waals surface area contributed by atoms with E-state index in [-0.39, 0.29) is 5.69 Å². The second-order valence-corrected chi connectivity index (χ2v) is 5.04. The Morgan fingerprint density at radius 1 is 1.14 bits per heavy atom. The third-order valence-electron chi connectivity index (χ3n) is 3.37. The van der Waals surface area contributed by atoms with Gasteiger partial charge in [-0.3, -0.25) is 15.1 Å². The number of hydrogen-bond acceptors (Lipinski definition) is 5. The fourth-order valence-electron chi connectivity index (χ4n) is 2.17. The maximum atomic E-state index is 11.1. The number of pyridine rings is 2. The van der Waals surface area contributed by atoms with Crippen molar-refractivity contribution in [3.05, 3.63) is 46.8 Å². The highest BCUT2D eigenvalue weighted by Gasteiger charge is 2.16. The van der Waals surface area contributed by atoms with Crippen LogP contribution in [0.3, 0.4) is 0 Å². The number of unbranched alkanes of at least 4 members (excludes halogenated alkanes) is 3. The average Bonchev–Trinajstić information content (AvgIpc) is 2.55. The highest BCUT2D eigenvalue weighted by atomic mass is 16.6. The second kappa shape index (κ2) is 8.07. The van der Waals surface area contributed by atoms with Crippen molar-refractivity contribution in [2.24, 2.45) is 0 Å². The molecule has 2 aromatic rings. The van der Waals surface area contributed by atoms with Crippen LogP contribution in [0.4, 0.5) is 11.5 Å². The van der Waals surface area contributed by atoms with Crippen LogP contribution in [0.15, 0.2) is 36.7 Å². The summed E-state index contributed by atoms with van der Waals surface area (Å²) in [5.74, 6) is 0.329. The van der Waals surface area contributed by atoms with E-state index in [9.17, 15) is 10.1 Å². The molecule has 22 heavy (non-hydrogen) atoms. The molecule has 6 nitrogen and oxygen atoms in total. The molecule has 0 aliphatic rings. The minimum absolute atomic E-state index is 0.00768. The lowest BCUT2D eigenvalue weighted by Crippen LogP contribution is -2.07. The predicted octanol–water partition coefficient (Wildman–Crippen LogP) is 4.04. The largest absolute Gasteiger partial charge is 0.364 e. The van der Waals surface area contributed by atoms with Gasteiger partial charge in [0.15, 0.2) is 0 Å². The molecule has 0 radical (unpaired) electrons. The standard InChI is InChI=1S/C16H20N4O2/c1-2-3-4-5-10-18-16-15(20(21)22)7-6-14(19-16)13-8-11-17-12-9-13/h6-9,11-12H,2-5,10H2,1H3,(H,18,19). The Bertz CT molecular complexity index is 617. The molecule has 0 saturated carbocycles. The lowest BCUT2D eigenvalue weighted by atomic mass is 10.1. The highest BCUT2D eigenvalue weighted by molar-refractivity contribution is 5.66. The second-order valence-electron chi connectivity index (χ2n) is 5.04. The Balaban J connectivity index is 2.15. The Kier molecular flexibility index (Phi) is 5.82. The van der Waals surface area contributed by atoms with E-state index in [1.165, 1.54) is 12.5 Å². The zero-order valence-electron chi connectivity index (χ0n) is 12.7. The number of nitrogens with one attached hydrogen (secondary N) is 1. The van der Waals surface area contributed by atoms with Crippen molar-refractivity contribution in [1.29, 1.82) is 0 Å². The van der Waals surface area contributed by atoms with Crippen LogP contribution < -0.4 is 5.32 Å². The van der Waals surface area contributed by atoms with Crippen molar-refractivity contribution in [2.45, 2.75) is 32.6 Å². The maximum absolute atomic E-state index is 11.1. The van der Waals surface area contributed by atoms with Crippen LogP contribution in [0.5, 0.6) is 0 Å². The molecular weight excluding hydrogens is 280 g/mol. The van der Waals surface area contributed by atoms with Gasteiger partial charge in [-0.15, -0.1) is 0 Å². The molecule has 2 aromatic heterocycles. The minimum atomic E-state index is -0.405. The summed E-state index contributed by atoms with van der Waals surface area (Å²) in [6, 6.07) is 6.82. The molecule has 0 fully saturated rings. The van der Waals surface area contributed by atoms with Crippen molar-refractivity contribution in [3.8, 4) is 11.3 Å². The summed E-state index contributed by atoms with van der Waals surface area (Å²) < 4.78 is 0. The van der Waals surface area contributed by atoms with Gasteiger partial charge in [-0.2, -0.15) is 0 Å². The fourth-order valence-corrected chi connectivity index (χ4v) is 2.17. The lowest BCUT2D eigenvalue weighted by Gasteiger charge is -2.08. The van der Waals surface area contributed by atoms with E-state index in [2.05, 4.69) is 22.2 Å². The van der Waals surface area contributed by atoms with Gasteiger partial charge >= 0.3 is 5.69 Å². The first-order valence-electron chi connectivity index (χ1n) is 7.52. The first-order valence-corrected chi connectivity index (χ1v) is 7.52. The minimum Gasteiger partial charge on any atom is -0.364 e. The number of nitro groups is 1. The van der Waals surface area contributed by atoms with E-state index in [0.717, 1.165) is 24.8 Å². The lowest BCUT2D eigenvalue weighted by molar-refractivity contribution is -0.384. The predicted molar refractivity (Wildman–Crippen MR) is 86.8 cm³/mol. The van der Waals surface area contributed by atoms with E-state index in [1.54, 1.807) is 18.5 Å². The fraction of sp³-hybridized carbons (Fsp3) is 0.375. The molecule has 1 N–H and O–H groups in total. The molecule has 0 saturated heterocycles. The van der Waals surface area contributed by atoms with Gasteiger partial charge < -0.3 is 5.32 Å². The smallest absolute Gasteiger partial charge is 0.311 e. The number of nitrogens with zero attached hydrogens (tertiary/aromatic N) is 3. The van der Waals surface area contributed by atoms with Crippen molar-refractivity contribution in [1.82, 2.24) is 9.97 Å². The van der Waals surface area contributed by atoms with E-state index in [0.29, 0.717) is 18.1 Å². The number of rotatable bonds is 8. The normalized spacial score (nSPS) is 10.4. The zero-order valence-corrected chi connectivity index (χ0v) is 12.7. The van der Waals surface area contributed by atoms with Crippen LogP contribution in [0.2, 0.25) is 0 Å². The monoisotopic (exact) mass is 300 g/mol. The number of aromatic nitrogens is 2. The average molecular weight is 300 g/mol. The SMILES string of the molecule is CCCCCCNc1nc(-c2ccncc2)ccc1[N+](=O)[O-]. The van der Waals surface area contributed by atoms with Crippen molar-refractivity contribution in [2.75, 3.05) is 11.9 Å². The number of hydrogen-bond donors (Lipinski definition) is 1. The molecule has 2 heterocycles. The van der Waals surface area contributed by atoms with Crippen molar-refractivity contribution >= 4 is 11.5 Å². The summed E-state index contributed by atoms with van der Waals surface area (Å²) in [6.07, 6.45) is 7.78.